The van der Waals surface area contributed by atoms with Crippen molar-refractivity contribution in [1.29, 1.82) is 0 Å². The van der Waals surface area contributed by atoms with Crippen molar-refractivity contribution in [3.05, 3.63) is 185 Å². The van der Waals surface area contributed by atoms with Crippen LogP contribution >= 0.6 is 0 Å². The minimum Gasteiger partial charge on any atom is -0.310 e. The molecule has 11 rings (SSSR count). The Morgan fingerprint density at radius 3 is 1.69 bits per heavy atom. The van der Waals surface area contributed by atoms with Crippen LogP contribution < -0.4 is 4.90 Å². The van der Waals surface area contributed by atoms with Gasteiger partial charge in [0.25, 0.3) is 0 Å². The van der Waals surface area contributed by atoms with E-state index in [0.717, 1.165) is 5.92 Å². The topological polar surface area (TPSA) is 3.24 Å². The monoisotopic (exact) mass is 836 g/mol. The zero-order chi connectivity index (χ0) is 44.5. The molecule has 7 aromatic rings. The number of nitrogens with zero attached hydrogens (tertiary/aromatic N) is 1. The lowest BCUT2D eigenvalue weighted by molar-refractivity contribution is 0.327. The van der Waals surface area contributed by atoms with Gasteiger partial charge in [-0.3, -0.25) is 0 Å². The minimum atomic E-state index is -0.131. The van der Waals surface area contributed by atoms with Gasteiger partial charge in [-0.2, -0.15) is 0 Å². The van der Waals surface area contributed by atoms with Crippen LogP contribution in [0, 0.1) is 11.8 Å². The SMILES string of the molecule is CC(C)c1ccc(-c2ccc(C(C)(C)C)cc2)c(-c2ccc(C(C)(C)C)cc2N(c2ccc3c(c2)C(C)(C)c2ccccc2-3)c2ccc3c(c2)C2(CC4CCC2C4)c2ccccc2-3)c1. The average Bonchev–Trinajstić information content (AvgIpc) is 4.03. The van der Waals surface area contributed by atoms with E-state index in [1.54, 1.807) is 11.1 Å². The molecular weight excluding hydrogens is 771 g/mol. The number of benzene rings is 7. The van der Waals surface area contributed by atoms with Crippen LogP contribution in [0.1, 0.15) is 140 Å². The van der Waals surface area contributed by atoms with E-state index in [-0.39, 0.29) is 21.7 Å². The largest absolute Gasteiger partial charge is 0.310 e. The molecule has 3 atom stereocenters. The maximum atomic E-state index is 2.66. The zero-order valence-corrected chi connectivity index (χ0v) is 39.9. The molecular formula is C63H65N. The van der Waals surface area contributed by atoms with Crippen molar-refractivity contribution in [2.45, 2.75) is 122 Å². The van der Waals surface area contributed by atoms with Gasteiger partial charge in [0, 0.05) is 27.8 Å². The van der Waals surface area contributed by atoms with Crippen LogP contribution in [-0.2, 0) is 21.7 Å². The molecule has 4 aliphatic rings. The van der Waals surface area contributed by atoms with Crippen LogP contribution in [0.4, 0.5) is 17.1 Å². The lowest BCUT2D eigenvalue weighted by Crippen LogP contribution is -2.32. The van der Waals surface area contributed by atoms with Gasteiger partial charge in [0.05, 0.1) is 5.69 Å². The van der Waals surface area contributed by atoms with Crippen LogP contribution in [0.15, 0.2) is 146 Å². The van der Waals surface area contributed by atoms with Crippen LogP contribution in [0.5, 0.6) is 0 Å². The van der Waals surface area contributed by atoms with E-state index < -0.39 is 0 Å². The van der Waals surface area contributed by atoms with Crippen molar-refractivity contribution in [2.24, 2.45) is 11.8 Å². The first-order valence-corrected chi connectivity index (χ1v) is 24.2. The first kappa shape index (κ1) is 41.1. The average molecular weight is 836 g/mol. The third kappa shape index (κ3) is 6.24. The van der Waals surface area contributed by atoms with Gasteiger partial charge >= 0.3 is 0 Å². The van der Waals surface area contributed by atoms with Crippen molar-refractivity contribution in [3.8, 4) is 44.5 Å². The number of fused-ring (bicyclic) bond motifs is 11. The molecule has 1 nitrogen and oxygen atoms in total. The van der Waals surface area contributed by atoms with Crippen molar-refractivity contribution in [1.82, 2.24) is 0 Å². The number of hydrogen-bond acceptors (Lipinski definition) is 1. The van der Waals surface area contributed by atoms with Crippen LogP contribution in [0.3, 0.4) is 0 Å². The summed E-state index contributed by atoms with van der Waals surface area (Å²) >= 11 is 0. The minimum absolute atomic E-state index is 0.0569. The predicted molar refractivity (Wildman–Crippen MR) is 273 cm³/mol. The molecule has 0 aliphatic heterocycles. The van der Waals surface area contributed by atoms with Gasteiger partial charge in [-0.1, -0.05) is 191 Å². The third-order valence-electron chi connectivity index (χ3n) is 16.3. The Labute approximate surface area is 383 Å². The van der Waals surface area contributed by atoms with Crippen molar-refractivity contribution in [2.75, 3.05) is 4.90 Å². The summed E-state index contributed by atoms with van der Waals surface area (Å²) in [5, 5.41) is 0. The molecule has 3 unspecified atom stereocenters. The molecule has 0 heterocycles. The van der Waals surface area contributed by atoms with E-state index in [1.165, 1.54) is 115 Å². The molecule has 0 aromatic heterocycles. The molecule has 0 N–H and O–H groups in total. The molecule has 7 aromatic carbocycles. The molecule has 1 spiro atoms. The number of rotatable bonds is 6. The summed E-state index contributed by atoms with van der Waals surface area (Å²) < 4.78 is 0. The summed E-state index contributed by atoms with van der Waals surface area (Å²) in [4.78, 5) is 2.66. The van der Waals surface area contributed by atoms with Crippen LogP contribution in [0.2, 0.25) is 0 Å². The lowest BCUT2D eigenvalue weighted by atomic mass is 9.67. The van der Waals surface area contributed by atoms with Gasteiger partial charge in [-0.05, 0) is 156 Å². The molecule has 0 radical (unpaired) electrons. The summed E-state index contributed by atoms with van der Waals surface area (Å²) in [6, 6.07) is 57.4. The number of anilines is 3. The van der Waals surface area contributed by atoms with E-state index >= 15 is 0 Å². The normalized spacial score (nSPS) is 20.1. The molecule has 2 fully saturated rings. The Bertz CT molecular complexity index is 2980. The predicted octanol–water partition coefficient (Wildman–Crippen LogP) is 17.6. The van der Waals surface area contributed by atoms with Gasteiger partial charge in [-0.25, -0.2) is 0 Å². The quantitative estimate of drug-likeness (QED) is 0.161. The van der Waals surface area contributed by atoms with Gasteiger partial charge in [-0.15, -0.1) is 0 Å². The first-order chi connectivity index (χ1) is 30.5. The highest BCUT2D eigenvalue weighted by atomic mass is 15.1. The van der Waals surface area contributed by atoms with Gasteiger partial charge in [0.2, 0.25) is 0 Å². The second kappa shape index (κ2) is 14.4. The molecule has 2 saturated carbocycles. The van der Waals surface area contributed by atoms with Crippen LogP contribution in [-0.4, -0.2) is 0 Å². The second-order valence-corrected chi connectivity index (χ2v) is 22.8. The van der Waals surface area contributed by atoms with Gasteiger partial charge in [0.1, 0.15) is 0 Å². The van der Waals surface area contributed by atoms with Crippen molar-refractivity contribution in [3.63, 3.8) is 0 Å². The van der Waals surface area contributed by atoms with E-state index in [1.807, 2.05) is 0 Å². The highest BCUT2D eigenvalue weighted by Crippen LogP contribution is 2.66. The highest BCUT2D eigenvalue weighted by molar-refractivity contribution is 5.96. The molecule has 1 heteroatoms. The third-order valence-corrected chi connectivity index (χ3v) is 16.3. The fourth-order valence-electron chi connectivity index (χ4n) is 12.7. The van der Waals surface area contributed by atoms with Gasteiger partial charge < -0.3 is 4.90 Å². The molecule has 4 aliphatic carbocycles. The Hall–Kier alpha value is -5.66. The van der Waals surface area contributed by atoms with Crippen molar-refractivity contribution >= 4 is 17.1 Å². The molecule has 0 amide bonds. The summed E-state index contributed by atoms with van der Waals surface area (Å²) in [6.07, 6.45) is 5.32. The summed E-state index contributed by atoms with van der Waals surface area (Å²) in [5.41, 5.74) is 24.3. The summed E-state index contributed by atoms with van der Waals surface area (Å²) in [5.74, 6) is 1.89. The summed E-state index contributed by atoms with van der Waals surface area (Å²) in [6.45, 7) is 23.5. The first-order valence-electron chi connectivity index (χ1n) is 24.2. The summed E-state index contributed by atoms with van der Waals surface area (Å²) in [7, 11) is 0. The number of hydrogen-bond donors (Lipinski definition) is 0. The standard InChI is InChI=1S/C63H65N/c1-39(2)42-22-29-48(41-20-24-43(25-21-41)60(3,4)5)54(34-42)53-30-26-44(61(6,7)8)35-59(53)64(46-27-31-51-49-15-11-13-17-55(49)62(9,10)57(51)36-46)47-28-32-52-50-16-12-14-18-56(50)63(58(52)37-47)38-40-19-23-45(63)33-40/h11-18,20-22,24-32,34-37,39-40,45H,19,23,33,38H2,1-10H3. The van der Waals surface area contributed by atoms with E-state index in [9.17, 15) is 0 Å². The molecule has 0 saturated heterocycles. The van der Waals surface area contributed by atoms with Gasteiger partial charge in [0.15, 0.2) is 0 Å². The second-order valence-electron chi connectivity index (χ2n) is 22.8. The molecule has 64 heavy (non-hydrogen) atoms. The lowest BCUT2D eigenvalue weighted by Gasteiger charge is -2.37. The smallest absolute Gasteiger partial charge is 0.0543 e. The fraction of sp³-hybridized carbons (Fsp3) is 0.333. The van der Waals surface area contributed by atoms with Crippen LogP contribution in [0.25, 0.3) is 44.5 Å². The Morgan fingerprint density at radius 2 is 1.06 bits per heavy atom. The van der Waals surface area contributed by atoms with E-state index in [4.69, 9.17) is 0 Å². The van der Waals surface area contributed by atoms with E-state index in [2.05, 4.69) is 220 Å². The zero-order valence-electron chi connectivity index (χ0n) is 39.9. The van der Waals surface area contributed by atoms with E-state index in [0.29, 0.717) is 11.8 Å². The molecule has 322 valence electrons. The fourth-order valence-corrected chi connectivity index (χ4v) is 12.7. The Morgan fingerprint density at radius 1 is 0.500 bits per heavy atom. The molecule has 2 bridgehead atoms. The Kier molecular flexibility index (Phi) is 9.25. The maximum absolute atomic E-state index is 2.66. The Balaban J connectivity index is 1.19. The maximum Gasteiger partial charge on any atom is 0.0543 e. The highest BCUT2D eigenvalue weighted by Gasteiger charge is 2.56. The van der Waals surface area contributed by atoms with Crippen molar-refractivity contribution < 1.29 is 0 Å².